The molecule has 14 nitrogen and oxygen atoms in total. The SMILES string of the molecule is CC/C=C\C/C=C\C/C=C\CCCCCCCCCC(=O)NC(COC1OC(CO)C(OC2OC(CO)C(O)C(O)C2O)C(O)C1O)C(O)CCCCCCCCCCCCCCCCCCCCC. The third-order valence-corrected chi connectivity index (χ3v) is 13.9. The summed E-state index contributed by atoms with van der Waals surface area (Å²) in [5.74, 6) is -0.216. The van der Waals surface area contributed by atoms with Crippen LogP contribution in [0.3, 0.4) is 0 Å². The lowest BCUT2D eigenvalue weighted by Crippen LogP contribution is -2.65. The Hall–Kier alpha value is -1.79. The maximum atomic E-state index is 13.2. The molecule has 0 aromatic rings. The molecule has 0 saturated carbocycles. The zero-order valence-corrected chi connectivity index (χ0v) is 43.8. The van der Waals surface area contributed by atoms with Gasteiger partial charge in [0.1, 0.15) is 48.8 Å². The number of ether oxygens (including phenoxy) is 4. The summed E-state index contributed by atoms with van der Waals surface area (Å²) in [6.07, 6.45) is 32.8. The largest absolute Gasteiger partial charge is 0.394 e. The van der Waals surface area contributed by atoms with Crippen LogP contribution in [0.1, 0.15) is 219 Å². The number of rotatable bonds is 44. The molecule has 0 aromatic carbocycles. The van der Waals surface area contributed by atoms with Gasteiger partial charge in [0.2, 0.25) is 5.91 Å². The van der Waals surface area contributed by atoms with Gasteiger partial charge in [-0.1, -0.05) is 204 Å². The lowest BCUT2D eigenvalue weighted by atomic mass is 9.97. The first-order chi connectivity index (χ1) is 34.1. The minimum Gasteiger partial charge on any atom is -0.394 e. The summed E-state index contributed by atoms with van der Waals surface area (Å²) in [5, 5.41) is 87.1. The molecule has 410 valence electrons. The van der Waals surface area contributed by atoms with E-state index >= 15 is 0 Å². The van der Waals surface area contributed by atoms with Gasteiger partial charge in [-0.05, 0) is 44.9 Å². The molecule has 12 unspecified atom stereocenters. The van der Waals surface area contributed by atoms with Crippen molar-refractivity contribution in [3.63, 3.8) is 0 Å². The number of carbonyl (C=O) groups is 1. The van der Waals surface area contributed by atoms with E-state index in [1.165, 1.54) is 109 Å². The van der Waals surface area contributed by atoms with Gasteiger partial charge in [0.25, 0.3) is 0 Å². The lowest BCUT2D eigenvalue weighted by molar-refractivity contribution is -0.359. The molecule has 2 rings (SSSR count). The van der Waals surface area contributed by atoms with Crippen molar-refractivity contribution < 1.29 is 64.6 Å². The molecule has 9 N–H and O–H groups in total. The second-order valence-electron chi connectivity index (χ2n) is 20.0. The zero-order chi connectivity index (χ0) is 51.0. The van der Waals surface area contributed by atoms with Crippen molar-refractivity contribution in [2.75, 3.05) is 19.8 Å². The van der Waals surface area contributed by atoms with Crippen LogP contribution in [-0.2, 0) is 23.7 Å². The molecule has 0 aliphatic carbocycles. The maximum absolute atomic E-state index is 13.2. The number of aliphatic hydroxyl groups is 8. The van der Waals surface area contributed by atoms with Gasteiger partial charge in [-0.2, -0.15) is 0 Å². The van der Waals surface area contributed by atoms with Crippen LogP contribution in [0.4, 0.5) is 0 Å². The summed E-state index contributed by atoms with van der Waals surface area (Å²) >= 11 is 0. The van der Waals surface area contributed by atoms with Crippen LogP contribution in [-0.4, -0.2) is 140 Å². The predicted octanol–water partition coefficient (Wildman–Crippen LogP) is 8.66. The molecule has 0 spiro atoms. The molecule has 0 aromatic heterocycles. The van der Waals surface area contributed by atoms with E-state index < -0.39 is 86.8 Å². The van der Waals surface area contributed by atoms with Crippen molar-refractivity contribution in [3.05, 3.63) is 36.5 Å². The molecular weight excluding hydrogens is 895 g/mol. The van der Waals surface area contributed by atoms with Crippen LogP contribution < -0.4 is 5.32 Å². The lowest BCUT2D eigenvalue weighted by Gasteiger charge is -2.46. The number of aliphatic hydroxyl groups excluding tert-OH is 8. The van der Waals surface area contributed by atoms with Crippen LogP contribution >= 0.6 is 0 Å². The van der Waals surface area contributed by atoms with E-state index in [0.717, 1.165) is 77.0 Å². The Morgan fingerprint density at radius 1 is 0.529 bits per heavy atom. The number of carbonyl (C=O) groups excluding carboxylic acids is 1. The number of allylic oxidation sites excluding steroid dienone is 6. The number of amides is 1. The fourth-order valence-electron chi connectivity index (χ4n) is 9.31. The smallest absolute Gasteiger partial charge is 0.220 e. The quantitative estimate of drug-likeness (QED) is 0.0206. The van der Waals surface area contributed by atoms with E-state index in [4.69, 9.17) is 18.9 Å². The maximum Gasteiger partial charge on any atom is 0.220 e. The fraction of sp³-hybridized carbons (Fsp3) is 0.875. The van der Waals surface area contributed by atoms with Crippen LogP contribution in [0.25, 0.3) is 0 Å². The van der Waals surface area contributed by atoms with E-state index in [1.54, 1.807) is 0 Å². The Balaban J connectivity index is 1.79. The summed E-state index contributed by atoms with van der Waals surface area (Å²) in [6, 6.07) is -0.834. The molecule has 12 atom stereocenters. The van der Waals surface area contributed by atoms with Crippen LogP contribution in [0.5, 0.6) is 0 Å². The Bertz CT molecular complexity index is 1320. The summed E-state index contributed by atoms with van der Waals surface area (Å²) in [7, 11) is 0. The normalized spacial score (nSPS) is 26.2. The number of hydrogen-bond donors (Lipinski definition) is 9. The highest BCUT2D eigenvalue weighted by molar-refractivity contribution is 5.76. The van der Waals surface area contributed by atoms with Crippen LogP contribution in [0.2, 0.25) is 0 Å². The molecule has 2 saturated heterocycles. The second kappa shape index (κ2) is 42.6. The number of nitrogens with one attached hydrogen (secondary N) is 1. The first-order valence-electron chi connectivity index (χ1n) is 28.2. The van der Waals surface area contributed by atoms with E-state index in [0.29, 0.717) is 19.3 Å². The minimum absolute atomic E-state index is 0.216. The van der Waals surface area contributed by atoms with Gasteiger partial charge in [0.05, 0.1) is 32.0 Å². The Morgan fingerprint density at radius 3 is 1.51 bits per heavy atom. The molecule has 14 heteroatoms. The third kappa shape index (κ3) is 28.6. The highest BCUT2D eigenvalue weighted by Gasteiger charge is 2.51. The summed E-state index contributed by atoms with van der Waals surface area (Å²) < 4.78 is 22.8. The molecule has 70 heavy (non-hydrogen) atoms. The highest BCUT2D eigenvalue weighted by Crippen LogP contribution is 2.30. The topological polar surface area (TPSA) is 228 Å². The molecule has 2 fully saturated rings. The molecule has 2 heterocycles. The molecular formula is C56H103NO13. The van der Waals surface area contributed by atoms with Gasteiger partial charge >= 0.3 is 0 Å². The average molecular weight is 998 g/mol. The molecule has 1 amide bonds. The van der Waals surface area contributed by atoms with Gasteiger partial charge in [-0.25, -0.2) is 0 Å². The van der Waals surface area contributed by atoms with Crippen molar-refractivity contribution in [1.82, 2.24) is 5.32 Å². The highest BCUT2D eigenvalue weighted by atomic mass is 16.7. The average Bonchev–Trinajstić information content (AvgIpc) is 3.36. The zero-order valence-electron chi connectivity index (χ0n) is 43.8. The Morgan fingerprint density at radius 2 is 0.986 bits per heavy atom. The standard InChI is InChI=1S/C56H103NO13/c1-3-5-7-9-11-13-15-17-19-21-22-24-25-27-29-31-33-35-37-39-45(60)44(57-48(61)40-38-36-34-32-30-28-26-23-20-18-16-14-12-10-8-6-4-2)43-67-55-53(66)51(64)54(47(42-59)69-55)70-56-52(65)50(63)49(62)46(41-58)68-56/h6,8,12,14,18,20,44-47,49-56,58-60,62-66H,3-5,7,9-11,13,15-17,19,21-43H2,1-2H3,(H,57,61)/b8-6-,14-12-,20-18-. The van der Waals surface area contributed by atoms with Crippen molar-refractivity contribution in [2.45, 2.75) is 293 Å². The van der Waals surface area contributed by atoms with E-state index in [2.05, 4.69) is 55.6 Å². The first-order valence-corrected chi connectivity index (χ1v) is 28.2. The summed E-state index contributed by atoms with van der Waals surface area (Å²) in [5.41, 5.74) is 0. The van der Waals surface area contributed by atoms with Gasteiger partial charge < -0.3 is 65.1 Å². The summed E-state index contributed by atoms with van der Waals surface area (Å²) in [4.78, 5) is 13.2. The minimum atomic E-state index is -1.78. The van der Waals surface area contributed by atoms with Gasteiger partial charge in [-0.3, -0.25) is 4.79 Å². The van der Waals surface area contributed by atoms with E-state index in [9.17, 15) is 45.6 Å². The van der Waals surface area contributed by atoms with Gasteiger partial charge in [0.15, 0.2) is 12.6 Å². The Labute approximate surface area is 423 Å². The van der Waals surface area contributed by atoms with E-state index in [-0.39, 0.29) is 12.5 Å². The molecule has 2 aliphatic rings. The molecule has 2 aliphatic heterocycles. The van der Waals surface area contributed by atoms with Crippen LogP contribution in [0.15, 0.2) is 36.5 Å². The van der Waals surface area contributed by atoms with Gasteiger partial charge in [0, 0.05) is 6.42 Å². The monoisotopic (exact) mass is 998 g/mol. The van der Waals surface area contributed by atoms with Crippen molar-refractivity contribution in [1.29, 1.82) is 0 Å². The van der Waals surface area contributed by atoms with E-state index in [1.807, 2.05) is 0 Å². The predicted molar refractivity (Wildman–Crippen MR) is 277 cm³/mol. The second-order valence-corrected chi connectivity index (χ2v) is 20.0. The number of hydrogen-bond acceptors (Lipinski definition) is 13. The first kappa shape index (κ1) is 64.3. The third-order valence-electron chi connectivity index (χ3n) is 13.9. The molecule has 0 bridgehead atoms. The van der Waals surface area contributed by atoms with Crippen LogP contribution in [0, 0.1) is 0 Å². The number of unbranched alkanes of at least 4 members (excludes halogenated alkanes) is 25. The Kier molecular flexibility index (Phi) is 39.1. The van der Waals surface area contributed by atoms with Gasteiger partial charge in [-0.15, -0.1) is 0 Å². The molecule has 0 radical (unpaired) electrons. The van der Waals surface area contributed by atoms with Crippen molar-refractivity contribution >= 4 is 5.91 Å². The van der Waals surface area contributed by atoms with Crippen molar-refractivity contribution in [3.8, 4) is 0 Å². The fourth-order valence-corrected chi connectivity index (χ4v) is 9.31. The summed E-state index contributed by atoms with van der Waals surface area (Å²) in [6.45, 7) is 2.75. The van der Waals surface area contributed by atoms with Crippen molar-refractivity contribution in [2.24, 2.45) is 0 Å².